The fraction of sp³-hybridized carbons (Fsp3) is 0.900. The van der Waals surface area contributed by atoms with Crippen molar-refractivity contribution in [3.8, 4) is 0 Å². The van der Waals surface area contributed by atoms with E-state index in [0.717, 1.165) is 0 Å². The first-order chi connectivity index (χ1) is 13.4. The number of phosphoric acid groups is 1. The van der Waals surface area contributed by atoms with Crippen LogP contribution in [0.1, 0.15) is 54.4 Å². The van der Waals surface area contributed by atoms with Gasteiger partial charge in [0.15, 0.2) is 0 Å². The molecule has 3 unspecified atom stereocenters. The quantitative estimate of drug-likeness (QED) is 0.413. The van der Waals surface area contributed by atoms with Gasteiger partial charge in [-0.1, -0.05) is 13.5 Å². The zero-order chi connectivity index (χ0) is 21.9. The summed E-state index contributed by atoms with van der Waals surface area (Å²) in [6.45, 7) is 15.6. The van der Waals surface area contributed by atoms with Crippen LogP contribution >= 0.6 is 7.82 Å². The molecule has 8 atom stereocenters. The molecule has 9 heteroatoms. The minimum absolute atomic E-state index is 0.0215. The Hall–Kier alpha value is -0.470. The van der Waals surface area contributed by atoms with E-state index in [0.29, 0.717) is 19.4 Å². The topological polar surface area (TPSA) is 112 Å². The molecule has 2 fully saturated rings. The highest BCUT2D eigenvalue weighted by molar-refractivity contribution is 7.46. The molecular weight excluding hydrogens is 397 g/mol. The number of rotatable bonds is 10. The maximum absolute atomic E-state index is 12.6. The van der Waals surface area contributed by atoms with E-state index in [2.05, 4.69) is 6.58 Å². The van der Waals surface area contributed by atoms with Crippen molar-refractivity contribution in [1.29, 1.82) is 0 Å². The van der Waals surface area contributed by atoms with Gasteiger partial charge in [0.25, 0.3) is 0 Å². The molecule has 0 aromatic rings. The summed E-state index contributed by atoms with van der Waals surface area (Å²) in [6.07, 6.45) is -0.503. The van der Waals surface area contributed by atoms with Crippen molar-refractivity contribution >= 4 is 7.82 Å². The SMILES string of the molecule is C=C(OP(=O)([O-])O[C@@H]1C[C@H](C)C(N)[C@@H]1COC(C)C)[C@H]1O[C@@H](C)CC1OC(C)C. The van der Waals surface area contributed by atoms with Crippen LogP contribution in [0.5, 0.6) is 0 Å². The lowest BCUT2D eigenvalue weighted by Gasteiger charge is -2.32. The molecule has 1 saturated heterocycles. The number of hydrogen-bond acceptors (Lipinski definition) is 8. The lowest BCUT2D eigenvalue weighted by molar-refractivity contribution is -0.229. The van der Waals surface area contributed by atoms with Crippen molar-refractivity contribution in [2.24, 2.45) is 17.6 Å². The first-order valence-electron chi connectivity index (χ1n) is 10.5. The van der Waals surface area contributed by atoms with Gasteiger partial charge in [-0.15, -0.1) is 0 Å². The monoisotopic (exact) mass is 434 g/mol. The molecule has 8 nitrogen and oxygen atoms in total. The van der Waals surface area contributed by atoms with E-state index in [-0.39, 0.29) is 48.1 Å². The highest BCUT2D eigenvalue weighted by Gasteiger charge is 2.43. The van der Waals surface area contributed by atoms with Crippen LogP contribution in [0, 0.1) is 11.8 Å². The van der Waals surface area contributed by atoms with E-state index in [9.17, 15) is 9.46 Å². The Balaban J connectivity index is 2.00. The molecule has 0 aromatic heterocycles. The van der Waals surface area contributed by atoms with Gasteiger partial charge >= 0.3 is 7.82 Å². The van der Waals surface area contributed by atoms with Gasteiger partial charge in [-0.3, -0.25) is 4.57 Å². The maximum Gasteiger partial charge on any atom is 0.319 e. The average molecular weight is 434 g/mol. The molecule has 0 bridgehead atoms. The van der Waals surface area contributed by atoms with E-state index < -0.39 is 20.0 Å². The average Bonchev–Trinajstić information content (AvgIpc) is 3.04. The molecule has 1 heterocycles. The van der Waals surface area contributed by atoms with E-state index >= 15 is 0 Å². The van der Waals surface area contributed by atoms with Crippen molar-refractivity contribution in [2.45, 2.75) is 97.0 Å². The van der Waals surface area contributed by atoms with Crippen molar-refractivity contribution in [1.82, 2.24) is 0 Å². The summed E-state index contributed by atoms with van der Waals surface area (Å²) >= 11 is 0. The highest BCUT2D eigenvalue weighted by Crippen LogP contribution is 2.48. The molecule has 2 N–H and O–H groups in total. The van der Waals surface area contributed by atoms with Gasteiger partial charge in [0, 0.05) is 18.4 Å². The second-order valence-corrected chi connectivity index (χ2v) is 10.1. The molecule has 1 aliphatic heterocycles. The number of hydrogen-bond donors (Lipinski definition) is 1. The van der Waals surface area contributed by atoms with E-state index in [4.69, 9.17) is 29.0 Å². The third-order valence-electron chi connectivity index (χ3n) is 5.39. The van der Waals surface area contributed by atoms with Crippen molar-refractivity contribution in [3.05, 3.63) is 12.3 Å². The van der Waals surface area contributed by atoms with Crippen LogP contribution in [0.2, 0.25) is 0 Å². The number of nitrogens with two attached hydrogens (primary N) is 1. The Morgan fingerprint density at radius 1 is 1.21 bits per heavy atom. The Bertz CT molecular complexity index is 599. The van der Waals surface area contributed by atoms with Crippen LogP contribution in [0.25, 0.3) is 0 Å². The molecule has 0 spiro atoms. The summed E-state index contributed by atoms with van der Waals surface area (Å²) in [5.41, 5.74) is 6.25. The Morgan fingerprint density at radius 2 is 1.86 bits per heavy atom. The van der Waals surface area contributed by atoms with Crippen molar-refractivity contribution < 1.29 is 32.7 Å². The zero-order valence-electron chi connectivity index (χ0n) is 18.4. The molecule has 1 saturated carbocycles. The van der Waals surface area contributed by atoms with Crippen LogP contribution < -0.4 is 10.6 Å². The standard InChI is InChI=1S/C20H38NO7P/c1-11(2)24-10-16-17(8-13(5)19(16)21)28-29(22,23)27-15(7)20-18(25-12(3)4)9-14(6)26-20/h11-14,16-20H,7-10,21H2,1-6H3,(H,22,23)/p-1/t13-,14-,16+,17+,18?,19?,20+/m0/s1. The van der Waals surface area contributed by atoms with Gasteiger partial charge in [0.05, 0.1) is 37.1 Å². The van der Waals surface area contributed by atoms with E-state index in [1.807, 2.05) is 41.5 Å². The normalized spacial score (nSPS) is 37.2. The van der Waals surface area contributed by atoms with Gasteiger partial charge in [0.1, 0.15) is 11.9 Å². The molecule has 0 amide bonds. The smallest absolute Gasteiger partial charge is 0.319 e. The summed E-state index contributed by atoms with van der Waals surface area (Å²) in [5.74, 6) is -0.137. The van der Waals surface area contributed by atoms with Crippen LogP contribution in [-0.2, 0) is 27.8 Å². The van der Waals surface area contributed by atoms with Gasteiger partial charge < -0.3 is 33.9 Å². The predicted molar refractivity (Wildman–Crippen MR) is 108 cm³/mol. The second kappa shape index (κ2) is 10.2. The molecule has 2 aliphatic rings. The minimum Gasteiger partial charge on any atom is -0.746 e. The summed E-state index contributed by atoms with van der Waals surface area (Å²) in [4.78, 5) is 12.6. The number of phosphoric ester groups is 1. The van der Waals surface area contributed by atoms with E-state index in [1.165, 1.54) is 0 Å². The third-order valence-corrected chi connectivity index (χ3v) is 6.38. The summed E-state index contributed by atoms with van der Waals surface area (Å²) in [5, 5.41) is 0. The van der Waals surface area contributed by atoms with Gasteiger partial charge in [0.2, 0.25) is 0 Å². The van der Waals surface area contributed by atoms with Crippen molar-refractivity contribution in [3.63, 3.8) is 0 Å². The molecule has 170 valence electrons. The molecular formula is C20H37NO7P-. The lowest BCUT2D eigenvalue weighted by atomic mass is 10.0. The van der Waals surface area contributed by atoms with Gasteiger partial charge in [-0.25, -0.2) is 0 Å². The van der Waals surface area contributed by atoms with E-state index in [1.54, 1.807) is 0 Å². The number of ether oxygens (including phenoxy) is 3. The lowest BCUT2D eigenvalue weighted by Crippen LogP contribution is -2.37. The van der Waals surface area contributed by atoms with Crippen LogP contribution in [0.15, 0.2) is 12.3 Å². The Labute approximate surface area is 174 Å². The Kier molecular flexibility index (Phi) is 8.74. The van der Waals surface area contributed by atoms with Crippen LogP contribution in [0.4, 0.5) is 0 Å². The first kappa shape index (κ1) is 24.8. The summed E-state index contributed by atoms with van der Waals surface area (Å²) in [7, 11) is -4.66. The summed E-state index contributed by atoms with van der Waals surface area (Å²) in [6, 6.07) is -0.204. The van der Waals surface area contributed by atoms with Crippen molar-refractivity contribution in [2.75, 3.05) is 6.61 Å². The van der Waals surface area contributed by atoms with Gasteiger partial charge in [-0.2, -0.15) is 0 Å². The van der Waals surface area contributed by atoms with Crippen LogP contribution in [0.3, 0.4) is 0 Å². The van der Waals surface area contributed by atoms with Gasteiger partial charge in [-0.05, 0) is 47.0 Å². The minimum atomic E-state index is -4.66. The third kappa shape index (κ3) is 7.03. The molecule has 2 rings (SSSR count). The second-order valence-electron chi connectivity index (χ2n) is 8.81. The maximum atomic E-state index is 12.6. The molecule has 1 aliphatic carbocycles. The first-order valence-corrected chi connectivity index (χ1v) is 11.9. The summed E-state index contributed by atoms with van der Waals surface area (Å²) < 4.78 is 40.5. The largest absolute Gasteiger partial charge is 0.746 e. The predicted octanol–water partition coefficient (Wildman–Crippen LogP) is 2.75. The van der Waals surface area contributed by atoms with Crippen LogP contribution in [-0.4, -0.2) is 49.3 Å². The highest BCUT2D eigenvalue weighted by atomic mass is 31.2. The fourth-order valence-corrected chi connectivity index (χ4v) is 5.01. The molecule has 0 radical (unpaired) electrons. The molecule has 29 heavy (non-hydrogen) atoms. The molecule has 0 aromatic carbocycles. The zero-order valence-corrected chi connectivity index (χ0v) is 19.3. The Morgan fingerprint density at radius 3 is 2.45 bits per heavy atom. The fourth-order valence-electron chi connectivity index (χ4n) is 4.00.